The number of benzene rings is 2. The first kappa shape index (κ1) is 24.6. The molecule has 5 aromatic rings. The van der Waals surface area contributed by atoms with Crippen molar-refractivity contribution < 1.29 is 0 Å². The lowest BCUT2D eigenvalue weighted by Crippen LogP contribution is -2.16. The van der Waals surface area contributed by atoms with Crippen LogP contribution in [0.2, 0.25) is 0 Å². The Kier molecular flexibility index (Phi) is 5.57. The van der Waals surface area contributed by atoms with E-state index in [1.54, 1.807) is 0 Å². The van der Waals surface area contributed by atoms with Gasteiger partial charge < -0.3 is 9.97 Å². The molecular weight excluding hydrogens is 488 g/mol. The molecule has 3 aromatic heterocycles. The molecule has 0 amide bonds. The Balaban J connectivity index is 1.62. The molecule has 0 saturated carbocycles. The van der Waals surface area contributed by atoms with E-state index < -0.39 is 0 Å². The van der Waals surface area contributed by atoms with Crippen LogP contribution in [0.25, 0.3) is 44.3 Å². The third-order valence-electron chi connectivity index (χ3n) is 8.24. The third kappa shape index (κ3) is 4.24. The highest BCUT2D eigenvalue weighted by atomic mass is 14.8. The molecule has 0 spiro atoms. The average Bonchev–Trinajstić information content (AvgIpc) is 3.69. The van der Waals surface area contributed by atoms with Crippen molar-refractivity contribution in [2.75, 3.05) is 0 Å². The van der Waals surface area contributed by atoms with E-state index in [-0.39, 0.29) is 10.8 Å². The first-order valence-electron chi connectivity index (χ1n) is 14.1. The van der Waals surface area contributed by atoms with Gasteiger partial charge in [0.05, 0.1) is 11.4 Å². The number of hydrogen-bond donors (Lipinski definition) is 2. The molecule has 5 heterocycles. The fourth-order valence-electron chi connectivity index (χ4n) is 6.39. The molecule has 2 aliphatic rings. The summed E-state index contributed by atoms with van der Waals surface area (Å²) in [4.78, 5) is 18.0. The molecule has 4 nitrogen and oxygen atoms in total. The maximum Gasteiger partial charge on any atom is 0.0566 e. The number of aromatic nitrogens is 4. The predicted molar refractivity (Wildman–Crippen MR) is 165 cm³/mol. The molecule has 8 bridgehead atoms. The fraction of sp³-hybridized carbons (Fsp3) is 0.222. The lowest BCUT2D eigenvalue weighted by atomic mass is 9.83. The number of hydrogen-bond acceptors (Lipinski definition) is 2. The summed E-state index contributed by atoms with van der Waals surface area (Å²) < 4.78 is 0. The van der Waals surface area contributed by atoms with Crippen molar-refractivity contribution in [1.82, 2.24) is 19.9 Å². The van der Waals surface area contributed by atoms with Crippen molar-refractivity contribution in [3.05, 3.63) is 120 Å². The zero-order chi connectivity index (χ0) is 27.5. The molecule has 0 saturated heterocycles. The van der Waals surface area contributed by atoms with Crippen molar-refractivity contribution in [3.8, 4) is 22.3 Å². The minimum Gasteiger partial charge on any atom is -0.355 e. The number of nitrogens with zero attached hydrogens (tertiary/aromatic N) is 2. The minimum absolute atomic E-state index is 0.111. The number of H-pyrrole nitrogens is 2. The van der Waals surface area contributed by atoms with Gasteiger partial charge in [0.2, 0.25) is 0 Å². The Morgan fingerprint density at radius 2 is 0.925 bits per heavy atom. The molecule has 7 rings (SSSR count). The maximum absolute atomic E-state index is 5.29. The Bertz CT molecular complexity index is 1750. The van der Waals surface area contributed by atoms with Gasteiger partial charge >= 0.3 is 0 Å². The van der Waals surface area contributed by atoms with Crippen LogP contribution in [0.15, 0.2) is 97.1 Å². The predicted octanol–water partition coefficient (Wildman–Crippen LogP) is 8.69. The van der Waals surface area contributed by atoms with Crippen LogP contribution in [-0.4, -0.2) is 19.9 Å². The van der Waals surface area contributed by atoms with E-state index in [0.29, 0.717) is 0 Å². The van der Waals surface area contributed by atoms with Gasteiger partial charge in [-0.15, -0.1) is 0 Å². The summed E-state index contributed by atoms with van der Waals surface area (Å²) in [6.45, 7) is 9.20. The van der Waals surface area contributed by atoms with Crippen molar-refractivity contribution in [2.45, 2.75) is 51.4 Å². The topological polar surface area (TPSA) is 57.4 Å². The van der Waals surface area contributed by atoms with E-state index in [1.807, 2.05) is 0 Å². The summed E-state index contributed by atoms with van der Waals surface area (Å²) in [7, 11) is 0. The smallest absolute Gasteiger partial charge is 0.0566 e. The largest absolute Gasteiger partial charge is 0.355 e. The standard InChI is InChI=1S/C36H34N4/c1-35(2)21-27-19-25-16-18-30(38-25)32(24-13-9-6-10-14-24)34-36(3,4)22-28(40-34)20-26-15-17-29(37-26)31(33(35)39-27)23-11-7-5-8-12-23/h5-20,37-38H,21-22H2,1-4H3. The van der Waals surface area contributed by atoms with E-state index in [1.165, 1.54) is 11.1 Å². The zero-order valence-electron chi connectivity index (χ0n) is 23.5. The summed E-state index contributed by atoms with van der Waals surface area (Å²) in [5.41, 5.74) is 13.1. The van der Waals surface area contributed by atoms with Gasteiger partial charge in [0, 0.05) is 68.3 Å². The Morgan fingerprint density at radius 3 is 1.32 bits per heavy atom. The summed E-state index contributed by atoms with van der Waals surface area (Å²) in [5.74, 6) is 0. The molecule has 40 heavy (non-hydrogen) atoms. The van der Waals surface area contributed by atoms with E-state index >= 15 is 0 Å². The third-order valence-corrected chi connectivity index (χ3v) is 8.24. The highest BCUT2D eigenvalue weighted by molar-refractivity contribution is 5.86. The van der Waals surface area contributed by atoms with Crippen molar-refractivity contribution in [3.63, 3.8) is 0 Å². The van der Waals surface area contributed by atoms with E-state index in [2.05, 4.69) is 135 Å². The number of aromatic amines is 2. The van der Waals surface area contributed by atoms with E-state index in [4.69, 9.17) is 9.97 Å². The maximum atomic E-state index is 5.29. The van der Waals surface area contributed by atoms with Crippen LogP contribution in [0.3, 0.4) is 0 Å². The molecule has 2 aliphatic heterocycles. The van der Waals surface area contributed by atoms with Crippen molar-refractivity contribution in [1.29, 1.82) is 0 Å². The Morgan fingerprint density at radius 1 is 0.525 bits per heavy atom. The first-order chi connectivity index (χ1) is 19.3. The van der Waals surface area contributed by atoms with Crippen molar-refractivity contribution in [2.24, 2.45) is 0 Å². The van der Waals surface area contributed by atoms with Gasteiger partial charge in [-0.3, -0.25) is 9.97 Å². The van der Waals surface area contributed by atoms with Gasteiger partial charge in [-0.2, -0.15) is 0 Å². The number of nitrogens with one attached hydrogen (secondary N) is 2. The molecule has 2 aromatic carbocycles. The van der Waals surface area contributed by atoms with Crippen molar-refractivity contribution >= 4 is 22.1 Å². The molecule has 0 aliphatic carbocycles. The number of rotatable bonds is 2. The summed E-state index contributed by atoms with van der Waals surface area (Å²) >= 11 is 0. The highest BCUT2D eigenvalue weighted by Crippen LogP contribution is 2.41. The van der Waals surface area contributed by atoms with Gasteiger partial charge in [-0.25, -0.2) is 0 Å². The Hall–Kier alpha value is -4.44. The van der Waals surface area contributed by atoms with Crippen LogP contribution in [-0.2, 0) is 23.7 Å². The first-order valence-corrected chi connectivity index (χ1v) is 14.1. The number of fused-ring (bicyclic) bond motifs is 8. The van der Waals surface area contributed by atoms with Gasteiger partial charge in [-0.1, -0.05) is 88.4 Å². The molecule has 2 N–H and O–H groups in total. The molecule has 4 heteroatoms. The molecular formula is C36H34N4. The quantitative estimate of drug-likeness (QED) is 0.244. The molecule has 0 unspecified atom stereocenters. The minimum atomic E-state index is -0.111. The van der Waals surface area contributed by atoms with Crippen LogP contribution in [0.4, 0.5) is 0 Å². The second-order valence-corrected chi connectivity index (χ2v) is 12.5. The van der Waals surface area contributed by atoms with Crippen LogP contribution >= 0.6 is 0 Å². The molecule has 0 radical (unpaired) electrons. The van der Waals surface area contributed by atoms with E-state index in [9.17, 15) is 0 Å². The normalized spacial score (nSPS) is 15.7. The highest BCUT2D eigenvalue weighted by Gasteiger charge is 2.33. The van der Waals surface area contributed by atoms with Gasteiger partial charge in [-0.05, 0) is 47.5 Å². The van der Waals surface area contributed by atoms with Crippen LogP contribution in [0.5, 0.6) is 0 Å². The average molecular weight is 523 g/mol. The van der Waals surface area contributed by atoms with Gasteiger partial charge in [0.25, 0.3) is 0 Å². The van der Waals surface area contributed by atoms with Crippen LogP contribution < -0.4 is 0 Å². The molecule has 0 fully saturated rings. The van der Waals surface area contributed by atoms with Gasteiger partial charge in [0.15, 0.2) is 0 Å². The summed E-state index contributed by atoms with van der Waals surface area (Å²) in [5, 5.41) is 0. The second kappa shape index (κ2) is 9.06. The SMILES string of the molecule is CC1(C)Cc2cc3ccc([nH]3)c(-c3ccccc3)c3nc(cc4ccc([nH]4)c(-c4ccccc4)c1n2)CC3(C)C. The monoisotopic (exact) mass is 522 g/mol. The van der Waals surface area contributed by atoms with Crippen LogP contribution in [0, 0.1) is 0 Å². The second-order valence-electron chi connectivity index (χ2n) is 12.5. The lowest BCUT2D eigenvalue weighted by Gasteiger charge is -2.20. The molecule has 0 atom stereocenters. The fourth-order valence-corrected chi connectivity index (χ4v) is 6.39. The summed E-state index contributed by atoms with van der Waals surface area (Å²) in [6.07, 6.45) is 1.75. The lowest BCUT2D eigenvalue weighted by molar-refractivity contribution is 0.544. The zero-order valence-corrected chi connectivity index (χ0v) is 23.5. The van der Waals surface area contributed by atoms with Gasteiger partial charge in [0.1, 0.15) is 0 Å². The Labute approximate surface area is 235 Å². The summed E-state index contributed by atoms with van der Waals surface area (Å²) in [6, 6.07) is 34.4. The molecule has 198 valence electrons. The van der Waals surface area contributed by atoms with Crippen LogP contribution in [0.1, 0.15) is 50.5 Å². The van der Waals surface area contributed by atoms with E-state index in [0.717, 1.165) is 68.8 Å².